The molecule has 1 amide bonds. The number of aryl methyl sites for hydroxylation is 1. The van der Waals surface area contributed by atoms with Gasteiger partial charge in [-0.3, -0.25) is 4.79 Å². The molecule has 0 fully saturated rings. The zero-order valence-corrected chi connectivity index (χ0v) is 13.1. The van der Waals surface area contributed by atoms with Crippen LogP contribution in [0, 0.1) is 5.92 Å². The highest BCUT2D eigenvalue weighted by molar-refractivity contribution is 5.77. The standard InChI is InChI=1S/C17H27NO3/c1-3-6-15(9-10-19)12-18-17(20)13-21-16-8-5-7-14(4-2)11-16/h5,7-8,11,15,19H,3-4,6,9-10,12-13H2,1-2H3,(H,18,20). The Bertz CT molecular complexity index is 414. The molecule has 0 aliphatic heterocycles. The van der Waals surface area contributed by atoms with E-state index < -0.39 is 0 Å². The fourth-order valence-corrected chi connectivity index (χ4v) is 2.25. The van der Waals surface area contributed by atoms with Crippen LogP contribution in [0.1, 0.15) is 38.7 Å². The van der Waals surface area contributed by atoms with E-state index in [-0.39, 0.29) is 19.1 Å². The second-order valence-electron chi connectivity index (χ2n) is 5.26. The van der Waals surface area contributed by atoms with Crippen LogP contribution in [0.5, 0.6) is 5.75 Å². The van der Waals surface area contributed by atoms with Gasteiger partial charge in [0.25, 0.3) is 5.91 Å². The molecule has 0 aliphatic carbocycles. The molecule has 0 spiro atoms. The van der Waals surface area contributed by atoms with E-state index in [0.29, 0.717) is 12.5 Å². The number of benzene rings is 1. The van der Waals surface area contributed by atoms with Gasteiger partial charge in [0.15, 0.2) is 6.61 Å². The molecular weight excluding hydrogens is 266 g/mol. The molecule has 4 heteroatoms. The topological polar surface area (TPSA) is 58.6 Å². The molecule has 0 saturated heterocycles. The number of amides is 1. The van der Waals surface area contributed by atoms with Gasteiger partial charge >= 0.3 is 0 Å². The first-order valence-corrected chi connectivity index (χ1v) is 7.78. The molecule has 1 aromatic rings. The summed E-state index contributed by atoms with van der Waals surface area (Å²) in [5.41, 5.74) is 1.19. The summed E-state index contributed by atoms with van der Waals surface area (Å²) in [6, 6.07) is 7.79. The normalized spacial score (nSPS) is 12.0. The molecule has 1 atom stereocenters. The predicted octanol–water partition coefficient (Wildman–Crippen LogP) is 2.54. The van der Waals surface area contributed by atoms with Crippen molar-refractivity contribution < 1.29 is 14.6 Å². The van der Waals surface area contributed by atoms with Crippen LogP contribution in [0.3, 0.4) is 0 Å². The summed E-state index contributed by atoms with van der Waals surface area (Å²) in [7, 11) is 0. The summed E-state index contributed by atoms with van der Waals surface area (Å²) >= 11 is 0. The molecular formula is C17H27NO3. The number of aliphatic hydroxyl groups is 1. The van der Waals surface area contributed by atoms with Crippen LogP contribution in [0.4, 0.5) is 0 Å². The van der Waals surface area contributed by atoms with E-state index in [1.807, 2.05) is 24.3 Å². The highest BCUT2D eigenvalue weighted by Crippen LogP contribution is 2.13. The molecule has 0 heterocycles. The second-order valence-corrected chi connectivity index (χ2v) is 5.26. The lowest BCUT2D eigenvalue weighted by Gasteiger charge is -2.15. The zero-order chi connectivity index (χ0) is 15.5. The molecule has 0 radical (unpaired) electrons. The van der Waals surface area contributed by atoms with Crippen molar-refractivity contribution in [3.05, 3.63) is 29.8 Å². The quantitative estimate of drug-likeness (QED) is 0.697. The highest BCUT2D eigenvalue weighted by atomic mass is 16.5. The third kappa shape index (κ3) is 7.14. The summed E-state index contributed by atoms with van der Waals surface area (Å²) in [5.74, 6) is 0.952. The van der Waals surface area contributed by atoms with E-state index >= 15 is 0 Å². The van der Waals surface area contributed by atoms with Gasteiger partial charge in [0.1, 0.15) is 5.75 Å². The van der Waals surface area contributed by atoms with E-state index in [1.54, 1.807) is 0 Å². The van der Waals surface area contributed by atoms with E-state index in [1.165, 1.54) is 5.56 Å². The maximum absolute atomic E-state index is 11.8. The zero-order valence-electron chi connectivity index (χ0n) is 13.1. The molecule has 118 valence electrons. The van der Waals surface area contributed by atoms with Crippen molar-refractivity contribution in [3.63, 3.8) is 0 Å². The number of nitrogens with one attached hydrogen (secondary N) is 1. The van der Waals surface area contributed by atoms with Gasteiger partial charge < -0.3 is 15.2 Å². The molecule has 2 N–H and O–H groups in total. The Morgan fingerprint density at radius 3 is 2.81 bits per heavy atom. The number of carbonyl (C=O) groups is 1. The smallest absolute Gasteiger partial charge is 0.257 e. The van der Waals surface area contributed by atoms with Gasteiger partial charge in [0, 0.05) is 13.2 Å². The third-order valence-corrected chi connectivity index (χ3v) is 3.50. The fourth-order valence-electron chi connectivity index (χ4n) is 2.25. The Morgan fingerprint density at radius 2 is 2.14 bits per heavy atom. The lowest BCUT2D eigenvalue weighted by Crippen LogP contribution is -2.33. The molecule has 21 heavy (non-hydrogen) atoms. The summed E-state index contributed by atoms with van der Waals surface area (Å²) in [5, 5.41) is 11.9. The molecule has 1 unspecified atom stereocenters. The summed E-state index contributed by atoms with van der Waals surface area (Å²) in [6.45, 7) is 4.99. The molecule has 0 aliphatic rings. The van der Waals surface area contributed by atoms with Crippen molar-refractivity contribution in [1.82, 2.24) is 5.32 Å². The van der Waals surface area contributed by atoms with Crippen LogP contribution in [0.15, 0.2) is 24.3 Å². The van der Waals surface area contributed by atoms with Crippen LogP contribution in [0.25, 0.3) is 0 Å². The molecule has 0 saturated carbocycles. The maximum atomic E-state index is 11.8. The van der Waals surface area contributed by atoms with Gasteiger partial charge in [-0.05, 0) is 42.9 Å². The van der Waals surface area contributed by atoms with Crippen LogP contribution in [-0.2, 0) is 11.2 Å². The molecule has 4 nitrogen and oxygen atoms in total. The Kier molecular flexibility index (Phi) is 8.51. The van der Waals surface area contributed by atoms with Crippen molar-refractivity contribution in [1.29, 1.82) is 0 Å². The minimum Gasteiger partial charge on any atom is -0.484 e. The third-order valence-electron chi connectivity index (χ3n) is 3.50. The van der Waals surface area contributed by atoms with Crippen molar-refractivity contribution >= 4 is 5.91 Å². The van der Waals surface area contributed by atoms with Gasteiger partial charge in [-0.15, -0.1) is 0 Å². The van der Waals surface area contributed by atoms with E-state index in [9.17, 15) is 4.79 Å². The van der Waals surface area contributed by atoms with Gasteiger partial charge in [-0.1, -0.05) is 32.4 Å². The summed E-state index contributed by atoms with van der Waals surface area (Å²) in [6.07, 6.45) is 3.75. The van der Waals surface area contributed by atoms with Crippen LogP contribution >= 0.6 is 0 Å². The largest absolute Gasteiger partial charge is 0.484 e. The fraction of sp³-hybridized carbons (Fsp3) is 0.588. The number of hydrogen-bond donors (Lipinski definition) is 2. The lowest BCUT2D eigenvalue weighted by molar-refractivity contribution is -0.123. The monoisotopic (exact) mass is 293 g/mol. The van der Waals surface area contributed by atoms with Gasteiger partial charge in [0.05, 0.1) is 0 Å². The number of carbonyl (C=O) groups excluding carboxylic acids is 1. The number of ether oxygens (including phenoxy) is 1. The van der Waals surface area contributed by atoms with Crippen LogP contribution < -0.4 is 10.1 Å². The summed E-state index contributed by atoms with van der Waals surface area (Å²) < 4.78 is 5.50. The first-order valence-electron chi connectivity index (χ1n) is 7.78. The van der Waals surface area contributed by atoms with Crippen LogP contribution in [-0.4, -0.2) is 30.8 Å². The van der Waals surface area contributed by atoms with E-state index in [2.05, 4.69) is 19.2 Å². The Hall–Kier alpha value is -1.55. The second kappa shape index (κ2) is 10.2. The Morgan fingerprint density at radius 1 is 1.33 bits per heavy atom. The van der Waals surface area contributed by atoms with Crippen molar-refractivity contribution in [2.45, 2.75) is 39.5 Å². The Labute approximate surface area is 127 Å². The number of aliphatic hydroxyl groups excluding tert-OH is 1. The molecule has 0 bridgehead atoms. The first kappa shape index (κ1) is 17.5. The van der Waals surface area contributed by atoms with Gasteiger partial charge in [-0.25, -0.2) is 0 Å². The van der Waals surface area contributed by atoms with E-state index in [0.717, 1.165) is 31.4 Å². The minimum absolute atomic E-state index is 0.0329. The number of hydrogen-bond acceptors (Lipinski definition) is 3. The lowest BCUT2D eigenvalue weighted by atomic mass is 10.0. The first-order chi connectivity index (χ1) is 10.2. The van der Waals surface area contributed by atoms with Crippen molar-refractivity contribution in [2.75, 3.05) is 19.8 Å². The molecule has 1 aromatic carbocycles. The average Bonchev–Trinajstić information content (AvgIpc) is 2.51. The molecule has 1 rings (SSSR count). The van der Waals surface area contributed by atoms with Gasteiger partial charge in [-0.2, -0.15) is 0 Å². The molecule has 0 aromatic heterocycles. The summed E-state index contributed by atoms with van der Waals surface area (Å²) in [4.78, 5) is 11.8. The maximum Gasteiger partial charge on any atom is 0.257 e. The Balaban J connectivity index is 2.32. The average molecular weight is 293 g/mol. The van der Waals surface area contributed by atoms with Crippen molar-refractivity contribution in [2.24, 2.45) is 5.92 Å². The number of rotatable bonds is 10. The van der Waals surface area contributed by atoms with Crippen molar-refractivity contribution in [3.8, 4) is 5.75 Å². The van der Waals surface area contributed by atoms with E-state index in [4.69, 9.17) is 9.84 Å². The highest BCUT2D eigenvalue weighted by Gasteiger charge is 2.09. The van der Waals surface area contributed by atoms with Gasteiger partial charge in [0.2, 0.25) is 0 Å². The van der Waals surface area contributed by atoms with Crippen LogP contribution in [0.2, 0.25) is 0 Å². The predicted molar refractivity (Wildman–Crippen MR) is 84.4 cm³/mol. The SMILES string of the molecule is CCCC(CCO)CNC(=O)COc1cccc(CC)c1. The minimum atomic E-state index is -0.115.